The molecule has 0 radical (unpaired) electrons. The minimum Gasteiger partial charge on any atom is -0.374 e. The third kappa shape index (κ3) is 1.23. The van der Waals surface area contributed by atoms with E-state index in [-0.39, 0.29) is 12.1 Å². The number of likely N-dealkylation sites (tertiary alicyclic amines) is 1. The highest BCUT2D eigenvalue weighted by Gasteiger charge is 2.22. The van der Waals surface area contributed by atoms with Gasteiger partial charge in [0.1, 0.15) is 6.33 Å². The molecule has 64 valence electrons. The summed E-state index contributed by atoms with van der Waals surface area (Å²) in [6, 6.07) is 0.145. The van der Waals surface area contributed by atoms with Gasteiger partial charge in [-0.05, 0) is 6.42 Å². The maximum absolute atomic E-state index is 11.1. The number of nitrogens with one attached hydrogen (secondary N) is 1. The van der Waals surface area contributed by atoms with Crippen molar-refractivity contribution in [1.29, 1.82) is 0 Å². The Bertz CT molecular complexity index is 267. The molecule has 0 aliphatic carbocycles. The van der Waals surface area contributed by atoms with E-state index in [0.29, 0.717) is 0 Å². The first-order chi connectivity index (χ1) is 5.86. The third-order valence-corrected chi connectivity index (χ3v) is 1.69. The standard InChI is InChI=1S/C6H8N4O2/c11-6(10-2-1-3-10)12-5-7-4-8-9-5/h4H,1-3H2,(H,7,8,9). The van der Waals surface area contributed by atoms with E-state index in [1.165, 1.54) is 6.33 Å². The summed E-state index contributed by atoms with van der Waals surface area (Å²) >= 11 is 0. The summed E-state index contributed by atoms with van der Waals surface area (Å²) in [5, 5.41) is 5.99. The average molecular weight is 168 g/mol. The lowest BCUT2D eigenvalue weighted by Crippen LogP contribution is -2.43. The highest BCUT2D eigenvalue weighted by molar-refractivity contribution is 5.70. The molecule has 6 heteroatoms. The Labute approximate surface area is 68.5 Å². The fourth-order valence-electron chi connectivity index (χ4n) is 0.889. The summed E-state index contributed by atoms with van der Waals surface area (Å²) in [5.74, 6) is 0. The Morgan fingerprint density at radius 3 is 3.00 bits per heavy atom. The van der Waals surface area contributed by atoms with Gasteiger partial charge in [0.25, 0.3) is 0 Å². The van der Waals surface area contributed by atoms with Crippen molar-refractivity contribution in [3.8, 4) is 6.01 Å². The zero-order valence-electron chi connectivity index (χ0n) is 6.36. The zero-order valence-corrected chi connectivity index (χ0v) is 6.36. The lowest BCUT2D eigenvalue weighted by Gasteiger charge is -2.28. The summed E-state index contributed by atoms with van der Waals surface area (Å²) in [5.41, 5.74) is 0. The van der Waals surface area contributed by atoms with Gasteiger partial charge >= 0.3 is 12.1 Å². The molecule has 1 saturated heterocycles. The SMILES string of the molecule is O=C(Oc1ncn[nH]1)N1CCC1. The minimum atomic E-state index is -0.363. The summed E-state index contributed by atoms with van der Waals surface area (Å²) in [6.45, 7) is 1.54. The molecule has 1 amide bonds. The molecule has 0 unspecified atom stereocenters. The van der Waals surface area contributed by atoms with Gasteiger partial charge in [-0.3, -0.25) is 0 Å². The van der Waals surface area contributed by atoms with Crippen LogP contribution in [0.15, 0.2) is 6.33 Å². The van der Waals surface area contributed by atoms with Crippen LogP contribution in [-0.2, 0) is 0 Å². The summed E-state index contributed by atoms with van der Waals surface area (Å²) in [6.07, 6.45) is 1.97. The van der Waals surface area contributed by atoms with Crippen molar-refractivity contribution in [3.63, 3.8) is 0 Å². The molecule has 0 bridgehead atoms. The molecule has 1 N–H and O–H groups in total. The fourth-order valence-corrected chi connectivity index (χ4v) is 0.889. The van der Waals surface area contributed by atoms with Crippen molar-refractivity contribution in [2.24, 2.45) is 0 Å². The van der Waals surface area contributed by atoms with E-state index >= 15 is 0 Å². The molecular weight excluding hydrogens is 160 g/mol. The largest absolute Gasteiger partial charge is 0.417 e. The Kier molecular flexibility index (Phi) is 1.65. The van der Waals surface area contributed by atoms with Gasteiger partial charge in [0.2, 0.25) is 0 Å². The van der Waals surface area contributed by atoms with Crippen molar-refractivity contribution >= 4 is 6.09 Å². The Morgan fingerprint density at radius 2 is 2.50 bits per heavy atom. The van der Waals surface area contributed by atoms with Crippen LogP contribution in [0, 0.1) is 0 Å². The molecule has 0 spiro atoms. The maximum Gasteiger partial charge on any atom is 0.417 e. The number of amides is 1. The van der Waals surface area contributed by atoms with E-state index < -0.39 is 0 Å². The topological polar surface area (TPSA) is 71.1 Å². The van der Waals surface area contributed by atoms with Crippen LogP contribution in [0.1, 0.15) is 6.42 Å². The van der Waals surface area contributed by atoms with Crippen molar-refractivity contribution in [1.82, 2.24) is 20.1 Å². The molecule has 2 rings (SSSR count). The molecule has 1 aliphatic rings. The van der Waals surface area contributed by atoms with Gasteiger partial charge in [0.05, 0.1) is 0 Å². The average Bonchev–Trinajstić information content (AvgIpc) is 2.34. The summed E-state index contributed by atoms with van der Waals surface area (Å²) < 4.78 is 4.82. The van der Waals surface area contributed by atoms with Gasteiger partial charge < -0.3 is 9.64 Å². The van der Waals surface area contributed by atoms with E-state index in [1.54, 1.807) is 4.90 Å². The first-order valence-corrected chi connectivity index (χ1v) is 3.68. The van der Waals surface area contributed by atoms with Crippen molar-refractivity contribution < 1.29 is 9.53 Å². The van der Waals surface area contributed by atoms with Crippen LogP contribution < -0.4 is 4.74 Å². The molecule has 1 aromatic rings. The number of carbonyl (C=O) groups is 1. The molecule has 0 atom stereocenters. The summed E-state index contributed by atoms with van der Waals surface area (Å²) in [7, 11) is 0. The van der Waals surface area contributed by atoms with E-state index in [0.717, 1.165) is 19.5 Å². The van der Waals surface area contributed by atoms with E-state index in [9.17, 15) is 4.79 Å². The second-order valence-electron chi connectivity index (χ2n) is 2.50. The van der Waals surface area contributed by atoms with Gasteiger partial charge in [-0.1, -0.05) is 0 Å². The first-order valence-electron chi connectivity index (χ1n) is 3.68. The second-order valence-corrected chi connectivity index (χ2v) is 2.50. The number of aromatic nitrogens is 3. The fraction of sp³-hybridized carbons (Fsp3) is 0.500. The lowest BCUT2D eigenvalue weighted by molar-refractivity contribution is 0.122. The van der Waals surface area contributed by atoms with Crippen LogP contribution in [0.5, 0.6) is 6.01 Å². The number of carbonyl (C=O) groups excluding carboxylic acids is 1. The van der Waals surface area contributed by atoms with Gasteiger partial charge in [-0.25, -0.2) is 9.89 Å². The van der Waals surface area contributed by atoms with Crippen LogP contribution in [0.3, 0.4) is 0 Å². The Morgan fingerprint density at radius 1 is 1.67 bits per heavy atom. The highest BCUT2D eigenvalue weighted by atomic mass is 16.6. The zero-order chi connectivity index (χ0) is 8.39. The van der Waals surface area contributed by atoms with E-state index in [2.05, 4.69) is 15.2 Å². The number of ether oxygens (including phenoxy) is 1. The Hall–Kier alpha value is -1.59. The van der Waals surface area contributed by atoms with E-state index in [4.69, 9.17) is 4.74 Å². The van der Waals surface area contributed by atoms with Crippen molar-refractivity contribution in [3.05, 3.63) is 6.33 Å². The van der Waals surface area contributed by atoms with Crippen molar-refractivity contribution in [2.75, 3.05) is 13.1 Å². The molecule has 1 aliphatic heterocycles. The number of aromatic amines is 1. The number of rotatable bonds is 1. The number of hydrogen-bond donors (Lipinski definition) is 1. The van der Waals surface area contributed by atoms with E-state index in [1.807, 2.05) is 0 Å². The second kappa shape index (κ2) is 2.80. The molecular formula is C6H8N4O2. The Balaban J connectivity index is 1.90. The van der Waals surface area contributed by atoms with Crippen LogP contribution in [0.25, 0.3) is 0 Å². The van der Waals surface area contributed by atoms with Crippen LogP contribution >= 0.6 is 0 Å². The van der Waals surface area contributed by atoms with Crippen LogP contribution in [0.2, 0.25) is 0 Å². The van der Waals surface area contributed by atoms with Crippen LogP contribution in [-0.4, -0.2) is 39.3 Å². The summed E-state index contributed by atoms with van der Waals surface area (Å²) in [4.78, 5) is 16.4. The van der Waals surface area contributed by atoms with Gasteiger partial charge in [0, 0.05) is 13.1 Å². The number of H-pyrrole nitrogens is 1. The quantitative estimate of drug-likeness (QED) is 0.641. The predicted molar refractivity (Wildman–Crippen MR) is 38.6 cm³/mol. The predicted octanol–water partition coefficient (Wildman–Crippen LogP) is 0.00920. The smallest absolute Gasteiger partial charge is 0.374 e. The van der Waals surface area contributed by atoms with Gasteiger partial charge in [-0.15, -0.1) is 0 Å². The van der Waals surface area contributed by atoms with Crippen molar-refractivity contribution in [2.45, 2.75) is 6.42 Å². The molecule has 0 aromatic carbocycles. The molecule has 6 nitrogen and oxygen atoms in total. The molecule has 12 heavy (non-hydrogen) atoms. The monoisotopic (exact) mass is 168 g/mol. The highest BCUT2D eigenvalue weighted by Crippen LogP contribution is 2.08. The van der Waals surface area contributed by atoms with Crippen LogP contribution in [0.4, 0.5) is 4.79 Å². The maximum atomic E-state index is 11.1. The normalized spacial score (nSPS) is 15.5. The van der Waals surface area contributed by atoms with Gasteiger partial charge in [0.15, 0.2) is 0 Å². The lowest BCUT2D eigenvalue weighted by atomic mass is 10.2. The molecule has 0 saturated carbocycles. The molecule has 1 aromatic heterocycles. The molecule has 1 fully saturated rings. The molecule has 2 heterocycles. The number of hydrogen-bond acceptors (Lipinski definition) is 4. The number of nitrogens with zero attached hydrogens (tertiary/aromatic N) is 3. The minimum absolute atomic E-state index is 0.145. The van der Waals surface area contributed by atoms with Gasteiger partial charge in [-0.2, -0.15) is 10.1 Å². The third-order valence-electron chi connectivity index (χ3n) is 1.69. The first kappa shape index (κ1) is 7.08.